The number of hydrogen-bond donors (Lipinski definition) is 4. The molecule has 3 atom stereocenters. The van der Waals surface area contributed by atoms with Gasteiger partial charge in [-0.05, 0) is 63.9 Å². The Morgan fingerprint density at radius 2 is 1.10 bits per heavy atom. The van der Waals surface area contributed by atoms with Crippen molar-refractivity contribution in [3.8, 4) is 0 Å². The van der Waals surface area contributed by atoms with Gasteiger partial charge in [0, 0.05) is 11.4 Å². The van der Waals surface area contributed by atoms with Crippen molar-refractivity contribution in [2.24, 2.45) is 0 Å². The first-order chi connectivity index (χ1) is 25.0. The lowest BCUT2D eigenvalue weighted by Crippen LogP contribution is -2.14. The van der Waals surface area contributed by atoms with Crippen LogP contribution in [0.4, 0.5) is 15.9 Å². The van der Waals surface area contributed by atoms with Crippen molar-refractivity contribution < 1.29 is 24.4 Å². The summed E-state index contributed by atoms with van der Waals surface area (Å²) in [5.74, 6) is 0. The molecule has 1 unspecified atom stereocenters. The highest BCUT2D eigenvalue weighted by Crippen LogP contribution is 2.28. The molecule has 7 heteroatoms. The van der Waals surface area contributed by atoms with Crippen LogP contribution in [0.2, 0.25) is 0 Å². The molecule has 0 aliphatic carbocycles. The molecule has 6 aromatic carbocycles. The van der Waals surface area contributed by atoms with Gasteiger partial charge in [-0.1, -0.05) is 158 Å². The Morgan fingerprint density at radius 3 is 1.53 bits per heavy atom. The maximum atomic E-state index is 9.98. The zero-order chi connectivity index (χ0) is 36.4. The number of nitrogen functional groups attached to an aromatic ring is 1. The van der Waals surface area contributed by atoms with Crippen LogP contribution in [-0.2, 0) is 16.1 Å². The first-order valence-electron chi connectivity index (χ1n) is 16.9. The first-order valence-corrected chi connectivity index (χ1v) is 16.9. The van der Waals surface area contributed by atoms with Gasteiger partial charge in [0.1, 0.15) is 6.10 Å². The molecule has 6 aromatic rings. The van der Waals surface area contributed by atoms with E-state index in [1.807, 2.05) is 158 Å². The molecule has 0 saturated carbocycles. The van der Waals surface area contributed by atoms with Gasteiger partial charge in [-0.3, -0.25) is 0 Å². The van der Waals surface area contributed by atoms with Crippen molar-refractivity contribution >= 4 is 11.4 Å². The van der Waals surface area contributed by atoms with Crippen LogP contribution in [-0.4, -0.2) is 30.5 Å². The van der Waals surface area contributed by atoms with E-state index in [0.717, 1.165) is 49.1 Å². The highest BCUT2D eigenvalue weighted by atomic mass is 19.3. The van der Waals surface area contributed by atoms with Crippen LogP contribution >= 0.6 is 0 Å². The molecule has 5 N–H and O–H groups in total. The van der Waals surface area contributed by atoms with E-state index in [9.17, 15) is 14.7 Å². The highest BCUT2D eigenvalue weighted by molar-refractivity contribution is 5.45. The van der Waals surface area contributed by atoms with E-state index in [2.05, 4.69) is 34.5 Å². The summed E-state index contributed by atoms with van der Waals surface area (Å²) < 4.78 is 14.9. The van der Waals surface area contributed by atoms with E-state index in [0.29, 0.717) is 6.10 Å². The fourth-order valence-corrected chi connectivity index (χ4v) is 4.81. The second-order valence-corrected chi connectivity index (χ2v) is 11.4. The zero-order valence-electron chi connectivity index (χ0n) is 29.0. The summed E-state index contributed by atoms with van der Waals surface area (Å²) in [5, 5.41) is 22.7. The van der Waals surface area contributed by atoms with Crippen molar-refractivity contribution in [1.82, 2.24) is 0 Å². The van der Waals surface area contributed by atoms with E-state index in [1.165, 1.54) is 11.1 Å². The number of aliphatic hydroxyl groups excluding tert-OH is 2. The van der Waals surface area contributed by atoms with Crippen molar-refractivity contribution in [2.45, 2.75) is 31.1 Å². The van der Waals surface area contributed by atoms with Gasteiger partial charge < -0.3 is 26.0 Å². The number of halogens is 1. The molecule has 7 rings (SSSR count). The van der Waals surface area contributed by atoms with Crippen molar-refractivity contribution in [1.29, 1.82) is 0 Å². The number of hydrogen-bond acceptors (Lipinski definition) is 6. The Morgan fingerprint density at radius 1 is 0.686 bits per heavy atom. The third-order valence-corrected chi connectivity index (χ3v) is 7.54. The van der Waals surface area contributed by atoms with Crippen molar-refractivity contribution in [3.63, 3.8) is 0 Å². The number of epoxide rings is 1. The Labute approximate surface area is 301 Å². The second kappa shape index (κ2) is 24.8. The van der Waals surface area contributed by atoms with Gasteiger partial charge in [0.25, 0.3) is 0 Å². The molecular formula is C44H49FN2O4. The number of para-hydroxylation sites is 2. The van der Waals surface area contributed by atoms with Gasteiger partial charge in [0.15, 0.2) is 0 Å². The number of nitrogens with one attached hydrogen (secondary N) is 1. The normalized spacial score (nSPS) is 13.4. The summed E-state index contributed by atoms with van der Waals surface area (Å²) in [6.07, 6.45) is 1.73. The van der Waals surface area contributed by atoms with E-state index >= 15 is 0 Å². The summed E-state index contributed by atoms with van der Waals surface area (Å²) in [4.78, 5) is 2.75. The standard InChI is InChI=1S/C15H16O.C14H15NO.C8H8O.C6H7N.CH3FO/c16-15(14-9-5-2-6-10-14)12-11-13-7-3-1-4-8-13;16-11-14(12-7-3-1-4-8-12)15-13-9-5-2-6-10-13;1-2-4-7(5-3-1)8-6-9-8;7-6-4-2-1-3-5-6;1-3-2/h1-10,15-16H,11-12H2;1-10,14-16H,11H2;1-5,8H,6H2;1-5H,7H2;1H3/t15-;14-;;;/m00.../s1. The van der Waals surface area contributed by atoms with Crippen LogP contribution in [0.25, 0.3) is 0 Å². The highest BCUT2D eigenvalue weighted by Gasteiger charge is 2.23. The molecule has 266 valence electrons. The smallest absolute Gasteiger partial charge is 0.106 e. The molecule has 1 saturated heterocycles. The number of nitrogens with two attached hydrogens (primary N) is 1. The van der Waals surface area contributed by atoms with E-state index < -0.39 is 0 Å². The molecule has 1 aliphatic rings. The largest absolute Gasteiger partial charge is 0.399 e. The minimum absolute atomic E-state index is 0.0522. The number of anilines is 2. The summed E-state index contributed by atoms with van der Waals surface area (Å²) in [5.41, 5.74) is 11.9. The maximum absolute atomic E-state index is 9.98. The number of aliphatic hydroxyl groups is 2. The van der Waals surface area contributed by atoms with Crippen molar-refractivity contribution in [3.05, 3.63) is 204 Å². The molecule has 6 nitrogen and oxygen atoms in total. The molecule has 1 heterocycles. The van der Waals surface area contributed by atoms with E-state index in [4.69, 9.17) is 10.5 Å². The SMILES string of the molecule is COF.Nc1ccccc1.OC[C@H](Nc1ccccc1)c1ccccc1.O[C@@H](CCc1ccccc1)c1ccccc1.c1ccc(C2CO2)cc1. The van der Waals surface area contributed by atoms with Crippen LogP contribution in [0.15, 0.2) is 182 Å². The molecule has 1 fully saturated rings. The Bertz CT molecular complexity index is 1660. The minimum atomic E-state index is -0.360. The van der Waals surface area contributed by atoms with Gasteiger partial charge in [-0.15, -0.1) is 0 Å². The summed E-state index contributed by atoms with van der Waals surface area (Å²) in [7, 11) is 0.958. The molecule has 51 heavy (non-hydrogen) atoms. The third kappa shape index (κ3) is 17.3. The topological polar surface area (TPSA) is 100 Å². The lowest BCUT2D eigenvalue weighted by atomic mass is 10.0. The second-order valence-electron chi connectivity index (χ2n) is 11.4. The fourth-order valence-electron chi connectivity index (χ4n) is 4.81. The molecule has 0 aromatic heterocycles. The molecule has 0 bridgehead atoms. The molecular weight excluding hydrogens is 639 g/mol. The number of rotatable bonds is 9. The van der Waals surface area contributed by atoms with E-state index in [-0.39, 0.29) is 18.8 Å². The van der Waals surface area contributed by atoms with Gasteiger partial charge in [-0.25, -0.2) is 0 Å². The lowest BCUT2D eigenvalue weighted by molar-refractivity contribution is -0.0960. The average molecular weight is 689 g/mol. The number of ether oxygens (including phenoxy) is 1. The molecule has 0 amide bonds. The minimum Gasteiger partial charge on any atom is -0.399 e. The zero-order valence-corrected chi connectivity index (χ0v) is 29.0. The summed E-state index contributed by atoms with van der Waals surface area (Å²) in [6.45, 7) is 0.989. The average Bonchev–Trinajstić information content (AvgIpc) is 4.06. The first kappa shape index (κ1) is 40.1. The van der Waals surface area contributed by atoms with Gasteiger partial charge in [0.05, 0.1) is 32.5 Å². The molecule has 0 radical (unpaired) electrons. The van der Waals surface area contributed by atoms with Gasteiger partial charge in [0.2, 0.25) is 0 Å². The maximum Gasteiger partial charge on any atom is 0.106 e. The number of benzene rings is 6. The molecule has 1 aliphatic heterocycles. The van der Waals surface area contributed by atoms with E-state index in [1.54, 1.807) is 0 Å². The molecule has 0 spiro atoms. The predicted octanol–water partition coefficient (Wildman–Crippen LogP) is 9.73. The van der Waals surface area contributed by atoms with Gasteiger partial charge >= 0.3 is 0 Å². The summed E-state index contributed by atoms with van der Waals surface area (Å²) >= 11 is 0. The fraction of sp³-hybridized carbons (Fsp3) is 0.182. The lowest BCUT2D eigenvalue weighted by Gasteiger charge is -2.17. The van der Waals surface area contributed by atoms with Crippen molar-refractivity contribution in [2.75, 3.05) is 31.4 Å². The number of aryl methyl sites for hydroxylation is 1. The Balaban J connectivity index is 0.000000187. The van der Waals surface area contributed by atoms with Crippen LogP contribution in [0.1, 0.15) is 46.9 Å². The quantitative estimate of drug-likeness (QED) is 0.0892. The van der Waals surface area contributed by atoms with Crippen LogP contribution in [0.5, 0.6) is 0 Å². The Kier molecular flexibility index (Phi) is 19.5. The Hall–Kier alpha value is -5.31. The summed E-state index contributed by atoms with van der Waals surface area (Å²) in [6, 6.07) is 59.7. The predicted molar refractivity (Wildman–Crippen MR) is 207 cm³/mol. The van der Waals surface area contributed by atoms with Gasteiger partial charge in [-0.2, -0.15) is 4.94 Å². The van der Waals surface area contributed by atoms with Crippen LogP contribution in [0.3, 0.4) is 0 Å². The van der Waals surface area contributed by atoms with Crippen LogP contribution in [0, 0.1) is 0 Å². The monoisotopic (exact) mass is 688 g/mol. The van der Waals surface area contributed by atoms with Crippen LogP contribution < -0.4 is 11.1 Å². The third-order valence-electron chi connectivity index (χ3n) is 7.54.